The first-order valence-electron chi connectivity index (χ1n) is 4.83. The van der Waals surface area contributed by atoms with Gasteiger partial charge in [-0.05, 0) is 26.4 Å². The maximum absolute atomic E-state index is 9.16. The predicted molar refractivity (Wildman–Crippen MR) is 51.8 cm³/mol. The van der Waals surface area contributed by atoms with E-state index in [4.69, 9.17) is 5.11 Å². The average molecular weight is 174 g/mol. The molecule has 3 nitrogen and oxygen atoms in total. The summed E-state index contributed by atoms with van der Waals surface area (Å²) in [5.41, 5.74) is 0. The molecule has 0 aliphatic heterocycles. The molecule has 0 fully saturated rings. The van der Waals surface area contributed by atoms with Crippen LogP contribution in [0.5, 0.6) is 0 Å². The van der Waals surface area contributed by atoms with Gasteiger partial charge in [-0.25, -0.2) is 0 Å². The van der Waals surface area contributed by atoms with Crippen molar-refractivity contribution < 1.29 is 5.11 Å². The van der Waals surface area contributed by atoms with Gasteiger partial charge in [0.05, 0.1) is 6.17 Å². The largest absolute Gasteiger partial charge is 0.379 e. The Morgan fingerprint density at radius 1 is 1.25 bits per heavy atom. The maximum atomic E-state index is 9.16. The summed E-state index contributed by atoms with van der Waals surface area (Å²) in [6, 6.07) is 0. The standard InChI is InChI=1S/C9H22N2O/c1-5-9(10-8(4)12)11(6-2)7-3/h8-10,12H,5-7H2,1-4H3. The van der Waals surface area contributed by atoms with Crippen LogP contribution in [0.25, 0.3) is 0 Å². The minimum atomic E-state index is -0.421. The van der Waals surface area contributed by atoms with E-state index in [1.807, 2.05) is 0 Å². The third-order valence-electron chi connectivity index (χ3n) is 2.07. The highest BCUT2D eigenvalue weighted by Gasteiger charge is 2.13. The summed E-state index contributed by atoms with van der Waals surface area (Å²) in [6.07, 6.45) is 0.905. The van der Waals surface area contributed by atoms with E-state index < -0.39 is 6.23 Å². The lowest BCUT2D eigenvalue weighted by Gasteiger charge is -2.30. The summed E-state index contributed by atoms with van der Waals surface area (Å²) in [5.74, 6) is 0. The average Bonchev–Trinajstić information content (AvgIpc) is 2.04. The molecule has 0 aliphatic rings. The van der Waals surface area contributed by atoms with Crippen LogP contribution in [0.4, 0.5) is 0 Å². The molecule has 0 radical (unpaired) electrons. The summed E-state index contributed by atoms with van der Waals surface area (Å²) < 4.78 is 0. The van der Waals surface area contributed by atoms with Crippen LogP contribution in [-0.2, 0) is 0 Å². The van der Waals surface area contributed by atoms with Crippen LogP contribution in [0.15, 0.2) is 0 Å². The highest BCUT2D eigenvalue weighted by molar-refractivity contribution is 4.65. The van der Waals surface area contributed by atoms with Crippen LogP contribution in [-0.4, -0.2) is 35.5 Å². The molecule has 0 heterocycles. The first kappa shape index (κ1) is 11.9. The lowest BCUT2D eigenvalue weighted by molar-refractivity contribution is 0.0792. The molecular weight excluding hydrogens is 152 g/mol. The molecule has 0 spiro atoms. The van der Waals surface area contributed by atoms with Crippen LogP contribution in [0.2, 0.25) is 0 Å². The summed E-state index contributed by atoms with van der Waals surface area (Å²) >= 11 is 0. The van der Waals surface area contributed by atoms with E-state index in [1.54, 1.807) is 6.92 Å². The van der Waals surface area contributed by atoms with Gasteiger partial charge in [0.15, 0.2) is 0 Å². The van der Waals surface area contributed by atoms with Gasteiger partial charge in [-0.3, -0.25) is 10.2 Å². The molecule has 74 valence electrons. The first-order chi connectivity index (χ1) is 5.65. The summed E-state index contributed by atoms with van der Waals surface area (Å²) in [4.78, 5) is 2.30. The fraction of sp³-hybridized carbons (Fsp3) is 1.00. The van der Waals surface area contributed by atoms with Gasteiger partial charge in [0.1, 0.15) is 6.23 Å². The van der Waals surface area contributed by atoms with Crippen molar-refractivity contribution in [2.45, 2.75) is 46.5 Å². The van der Waals surface area contributed by atoms with Gasteiger partial charge in [0.25, 0.3) is 0 Å². The van der Waals surface area contributed by atoms with Crippen molar-refractivity contribution in [3.05, 3.63) is 0 Å². The molecule has 12 heavy (non-hydrogen) atoms. The Morgan fingerprint density at radius 3 is 2.00 bits per heavy atom. The molecule has 2 N–H and O–H groups in total. The molecule has 0 rings (SSSR count). The molecule has 3 heteroatoms. The normalized spacial score (nSPS) is 16.5. The van der Waals surface area contributed by atoms with Crippen molar-refractivity contribution in [3.8, 4) is 0 Å². The van der Waals surface area contributed by atoms with Crippen LogP contribution in [0.3, 0.4) is 0 Å². The molecule has 2 unspecified atom stereocenters. The Labute approximate surface area is 75.8 Å². The van der Waals surface area contributed by atoms with Crippen molar-refractivity contribution in [1.82, 2.24) is 10.2 Å². The van der Waals surface area contributed by atoms with E-state index in [9.17, 15) is 0 Å². The van der Waals surface area contributed by atoms with E-state index in [1.165, 1.54) is 0 Å². The topological polar surface area (TPSA) is 35.5 Å². The zero-order valence-electron chi connectivity index (χ0n) is 8.67. The lowest BCUT2D eigenvalue weighted by atomic mass is 10.3. The smallest absolute Gasteiger partial charge is 0.103 e. The predicted octanol–water partition coefficient (Wildman–Crippen LogP) is 0.992. The van der Waals surface area contributed by atoms with E-state index in [-0.39, 0.29) is 0 Å². The van der Waals surface area contributed by atoms with Crippen LogP contribution >= 0.6 is 0 Å². The van der Waals surface area contributed by atoms with Gasteiger partial charge in [0, 0.05) is 0 Å². The Balaban J connectivity index is 3.92. The molecule has 0 saturated carbocycles. The minimum Gasteiger partial charge on any atom is -0.379 e. The number of hydrogen-bond donors (Lipinski definition) is 2. The van der Waals surface area contributed by atoms with Gasteiger partial charge in [0.2, 0.25) is 0 Å². The zero-order valence-corrected chi connectivity index (χ0v) is 8.67. The molecule has 0 amide bonds. The van der Waals surface area contributed by atoms with Crippen molar-refractivity contribution >= 4 is 0 Å². The molecule has 0 bridgehead atoms. The molecule has 0 saturated heterocycles. The second-order valence-corrected chi connectivity index (χ2v) is 2.99. The van der Waals surface area contributed by atoms with Crippen molar-refractivity contribution in [2.75, 3.05) is 13.1 Å². The third kappa shape index (κ3) is 4.04. The van der Waals surface area contributed by atoms with Gasteiger partial charge < -0.3 is 5.11 Å². The lowest BCUT2D eigenvalue weighted by Crippen LogP contribution is -2.48. The summed E-state index contributed by atoms with van der Waals surface area (Å²) in [6.45, 7) is 10.2. The SMILES string of the molecule is CCC(NC(C)O)N(CC)CC. The van der Waals surface area contributed by atoms with Crippen LogP contribution in [0.1, 0.15) is 34.1 Å². The Bertz CT molecular complexity index is 103. The zero-order chi connectivity index (χ0) is 9.56. The Hall–Kier alpha value is -0.120. The number of aliphatic hydroxyl groups is 1. The van der Waals surface area contributed by atoms with Crippen molar-refractivity contribution in [2.24, 2.45) is 0 Å². The van der Waals surface area contributed by atoms with Crippen molar-refractivity contribution in [1.29, 1.82) is 0 Å². The Kier molecular flexibility index (Phi) is 6.34. The van der Waals surface area contributed by atoms with Gasteiger partial charge in [-0.15, -0.1) is 0 Å². The second kappa shape index (κ2) is 6.40. The van der Waals surface area contributed by atoms with Crippen molar-refractivity contribution in [3.63, 3.8) is 0 Å². The molecule has 0 aromatic carbocycles. The van der Waals surface area contributed by atoms with E-state index in [0.717, 1.165) is 19.5 Å². The number of aliphatic hydroxyl groups excluding tert-OH is 1. The Morgan fingerprint density at radius 2 is 1.75 bits per heavy atom. The highest BCUT2D eigenvalue weighted by atomic mass is 16.3. The van der Waals surface area contributed by atoms with Gasteiger partial charge in [-0.2, -0.15) is 0 Å². The monoisotopic (exact) mass is 174 g/mol. The first-order valence-corrected chi connectivity index (χ1v) is 4.83. The van der Waals surface area contributed by atoms with E-state index >= 15 is 0 Å². The summed E-state index contributed by atoms with van der Waals surface area (Å²) in [7, 11) is 0. The highest BCUT2D eigenvalue weighted by Crippen LogP contribution is 2.00. The third-order valence-corrected chi connectivity index (χ3v) is 2.07. The van der Waals surface area contributed by atoms with E-state index in [0.29, 0.717) is 6.17 Å². The molecule has 2 atom stereocenters. The summed E-state index contributed by atoms with van der Waals surface area (Å²) in [5, 5.41) is 12.3. The molecule has 0 aromatic heterocycles. The number of nitrogens with zero attached hydrogens (tertiary/aromatic N) is 1. The number of hydrogen-bond acceptors (Lipinski definition) is 3. The fourth-order valence-corrected chi connectivity index (χ4v) is 1.42. The van der Waals surface area contributed by atoms with Gasteiger partial charge >= 0.3 is 0 Å². The van der Waals surface area contributed by atoms with Crippen LogP contribution in [0, 0.1) is 0 Å². The number of rotatable bonds is 6. The fourth-order valence-electron chi connectivity index (χ4n) is 1.42. The minimum absolute atomic E-state index is 0.306. The molecular formula is C9H22N2O. The molecule has 0 aromatic rings. The van der Waals surface area contributed by atoms with Gasteiger partial charge in [-0.1, -0.05) is 20.8 Å². The second-order valence-electron chi connectivity index (χ2n) is 2.99. The van der Waals surface area contributed by atoms with E-state index in [2.05, 4.69) is 31.0 Å². The molecule has 0 aliphatic carbocycles. The van der Waals surface area contributed by atoms with Crippen LogP contribution < -0.4 is 5.32 Å². The number of nitrogens with one attached hydrogen (secondary N) is 1. The maximum Gasteiger partial charge on any atom is 0.103 e. The quantitative estimate of drug-likeness (QED) is 0.590.